The Morgan fingerprint density at radius 3 is 2.26 bits per heavy atom. The molecule has 194 valence electrons. The molecule has 5 rings (SSSR count). The highest BCUT2D eigenvalue weighted by Gasteiger charge is 2.67. The summed E-state index contributed by atoms with van der Waals surface area (Å²) >= 11 is 0. The van der Waals surface area contributed by atoms with Gasteiger partial charge in [-0.15, -0.1) is 0 Å². The largest absolute Gasteiger partial charge is 0.465 e. The summed E-state index contributed by atoms with van der Waals surface area (Å²) in [7, 11) is 0. The van der Waals surface area contributed by atoms with Crippen molar-refractivity contribution in [3.8, 4) is 0 Å². The summed E-state index contributed by atoms with van der Waals surface area (Å²) in [6.07, 6.45) is 10.9. The van der Waals surface area contributed by atoms with Gasteiger partial charge < -0.3 is 14.9 Å². The fraction of sp³-hybridized carbons (Fsp3) is 0.967. The van der Waals surface area contributed by atoms with Gasteiger partial charge in [0, 0.05) is 12.3 Å². The van der Waals surface area contributed by atoms with Gasteiger partial charge in [-0.25, -0.2) is 0 Å². The molecule has 5 aliphatic rings. The van der Waals surface area contributed by atoms with Gasteiger partial charge in [-0.05, 0) is 123 Å². The fourth-order valence-corrected chi connectivity index (χ4v) is 11.4. The average molecular weight is 475 g/mol. The van der Waals surface area contributed by atoms with Crippen molar-refractivity contribution in [1.82, 2.24) is 0 Å². The van der Waals surface area contributed by atoms with E-state index in [4.69, 9.17) is 4.74 Å². The Kier molecular flexibility index (Phi) is 6.04. The lowest BCUT2D eigenvalue weighted by Crippen LogP contribution is -2.66. The molecule has 4 heteroatoms. The summed E-state index contributed by atoms with van der Waals surface area (Å²) in [6.45, 7) is 14.0. The fourth-order valence-electron chi connectivity index (χ4n) is 11.4. The zero-order valence-electron chi connectivity index (χ0n) is 22.6. The third kappa shape index (κ3) is 3.40. The third-order valence-electron chi connectivity index (χ3n) is 12.8. The highest BCUT2D eigenvalue weighted by atomic mass is 16.5. The number of fused-ring (bicyclic) bond motifs is 7. The van der Waals surface area contributed by atoms with Crippen LogP contribution in [0.15, 0.2) is 0 Å². The molecule has 0 aromatic carbocycles. The maximum atomic E-state index is 11.8. The van der Waals surface area contributed by atoms with Crippen molar-refractivity contribution in [2.45, 2.75) is 117 Å². The van der Waals surface area contributed by atoms with Crippen molar-refractivity contribution in [2.75, 3.05) is 6.61 Å². The summed E-state index contributed by atoms with van der Waals surface area (Å²) in [4.78, 5) is 11.8. The van der Waals surface area contributed by atoms with Gasteiger partial charge in [0.05, 0.1) is 18.3 Å². The van der Waals surface area contributed by atoms with E-state index in [0.29, 0.717) is 29.8 Å². The van der Waals surface area contributed by atoms with Gasteiger partial charge in [0.25, 0.3) is 0 Å². The summed E-state index contributed by atoms with van der Waals surface area (Å²) in [5, 5.41) is 22.0. The molecular weight excluding hydrogens is 424 g/mol. The molecule has 0 spiro atoms. The zero-order chi connectivity index (χ0) is 24.7. The van der Waals surface area contributed by atoms with Gasteiger partial charge >= 0.3 is 5.97 Å². The first-order valence-electron chi connectivity index (χ1n) is 14.4. The van der Waals surface area contributed by atoms with Gasteiger partial charge in [0.1, 0.15) is 0 Å². The van der Waals surface area contributed by atoms with Gasteiger partial charge in [-0.2, -0.15) is 0 Å². The maximum Gasteiger partial charge on any atom is 0.302 e. The van der Waals surface area contributed by atoms with Crippen LogP contribution in [0.5, 0.6) is 0 Å². The minimum absolute atomic E-state index is 0.111. The number of rotatable bonds is 3. The number of carbonyl (C=O) groups excluding carboxylic acids is 1. The minimum atomic E-state index is -0.967. The van der Waals surface area contributed by atoms with E-state index < -0.39 is 11.7 Å². The number of hydrogen-bond acceptors (Lipinski definition) is 4. The smallest absolute Gasteiger partial charge is 0.302 e. The second-order valence-electron chi connectivity index (χ2n) is 14.4. The molecule has 34 heavy (non-hydrogen) atoms. The standard InChI is InChI=1S/C30H50O4/c1-18(2)20-9-15-30(17-34-19(3)31)16-10-22-21(26(20)30)7-8-23-27(22,4)13-11-24-28(23,5)14-12-25(32)29(24,6)33/h18,20-26,32-33H,7-17H2,1-6H3/t20-,21?,22-,23+,24?,25-,26-,27+,28-,29+,30-/m1/s1. The van der Waals surface area contributed by atoms with Crippen LogP contribution in [-0.4, -0.2) is 34.5 Å². The molecule has 5 fully saturated rings. The molecule has 11 atom stereocenters. The van der Waals surface area contributed by atoms with E-state index in [1.165, 1.54) is 44.9 Å². The van der Waals surface area contributed by atoms with E-state index >= 15 is 0 Å². The number of esters is 1. The predicted molar refractivity (Wildman–Crippen MR) is 134 cm³/mol. The molecule has 0 heterocycles. The second kappa shape index (κ2) is 8.20. The Labute approximate surface area is 207 Å². The van der Waals surface area contributed by atoms with Crippen LogP contribution >= 0.6 is 0 Å². The highest BCUT2D eigenvalue weighted by molar-refractivity contribution is 5.65. The van der Waals surface area contributed by atoms with Crippen molar-refractivity contribution in [3.63, 3.8) is 0 Å². The van der Waals surface area contributed by atoms with E-state index in [2.05, 4.69) is 27.7 Å². The second-order valence-corrected chi connectivity index (χ2v) is 14.4. The van der Waals surface area contributed by atoms with Crippen LogP contribution in [0.1, 0.15) is 106 Å². The average Bonchev–Trinajstić information content (AvgIpc) is 3.15. The number of hydrogen-bond donors (Lipinski definition) is 2. The lowest BCUT2D eigenvalue weighted by Gasteiger charge is -2.69. The first kappa shape index (κ1) is 25.1. The Morgan fingerprint density at radius 1 is 0.912 bits per heavy atom. The Hall–Kier alpha value is -0.610. The van der Waals surface area contributed by atoms with Crippen molar-refractivity contribution in [3.05, 3.63) is 0 Å². The van der Waals surface area contributed by atoms with Crippen LogP contribution in [0.25, 0.3) is 0 Å². The molecule has 0 aliphatic heterocycles. The Bertz CT molecular complexity index is 806. The molecule has 5 saturated carbocycles. The summed E-state index contributed by atoms with van der Waals surface area (Å²) < 4.78 is 5.75. The summed E-state index contributed by atoms with van der Waals surface area (Å²) in [6, 6.07) is 0. The van der Waals surface area contributed by atoms with Crippen LogP contribution < -0.4 is 0 Å². The Balaban J connectivity index is 1.47. The van der Waals surface area contributed by atoms with Crippen molar-refractivity contribution >= 4 is 5.97 Å². The highest BCUT2D eigenvalue weighted by Crippen LogP contribution is 2.73. The molecule has 0 aromatic rings. The summed E-state index contributed by atoms with van der Waals surface area (Å²) in [5.74, 6) is 4.24. The molecule has 5 aliphatic carbocycles. The van der Waals surface area contributed by atoms with E-state index in [1.807, 2.05) is 6.92 Å². The zero-order valence-corrected chi connectivity index (χ0v) is 22.6. The van der Waals surface area contributed by atoms with Crippen molar-refractivity contribution in [2.24, 2.45) is 57.7 Å². The number of aliphatic hydroxyl groups is 2. The van der Waals surface area contributed by atoms with Crippen LogP contribution in [0.3, 0.4) is 0 Å². The van der Waals surface area contributed by atoms with Gasteiger partial charge in [0.15, 0.2) is 0 Å². The minimum Gasteiger partial charge on any atom is -0.465 e. The molecule has 0 radical (unpaired) electrons. The molecule has 2 unspecified atom stereocenters. The van der Waals surface area contributed by atoms with Gasteiger partial charge in [0.2, 0.25) is 0 Å². The quantitative estimate of drug-likeness (QED) is 0.494. The lowest BCUT2D eigenvalue weighted by atomic mass is 9.37. The normalized spacial score (nSPS) is 54.6. The number of carbonyl (C=O) groups is 1. The maximum absolute atomic E-state index is 11.8. The van der Waals surface area contributed by atoms with Crippen LogP contribution in [0, 0.1) is 57.7 Å². The van der Waals surface area contributed by atoms with E-state index in [0.717, 1.165) is 37.0 Å². The topological polar surface area (TPSA) is 66.8 Å². The summed E-state index contributed by atoms with van der Waals surface area (Å²) in [5.41, 5.74) is -0.361. The van der Waals surface area contributed by atoms with Crippen LogP contribution in [-0.2, 0) is 9.53 Å². The SMILES string of the molecule is CC(=O)OC[C@]12CC[C@H](C(C)C)[C@@H]1C1CC[C@H]3[C@@](C)(CCC4[C@](C)(O)[C@H](O)CC[C@@]43C)[C@@H]1CC2. The van der Waals surface area contributed by atoms with E-state index in [1.54, 1.807) is 6.92 Å². The van der Waals surface area contributed by atoms with Gasteiger partial charge in [-0.1, -0.05) is 27.7 Å². The molecule has 0 amide bonds. The molecular formula is C30H50O4. The number of aliphatic hydroxyl groups excluding tert-OH is 1. The van der Waals surface area contributed by atoms with Crippen LogP contribution in [0.2, 0.25) is 0 Å². The lowest BCUT2D eigenvalue weighted by molar-refractivity contribution is -0.243. The molecule has 4 nitrogen and oxygen atoms in total. The molecule has 0 saturated heterocycles. The predicted octanol–water partition coefficient (Wildman–Crippen LogP) is 5.98. The first-order chi connectivity index (χ1) is 15.9. The molecule has 2 N–H and O–H groups in total. The van der Waals surface area contributed by atoms with Crippen molar-refractivity contribution in [1.29, 1.82) is 0 Å². The van der Waals surface area contributed by atoms with Gasteiger partial charge in [-0.3, -0.25) is 4.79 Å². The number of ether oxygens (including phenoxy) is 1. The molecule has 0 bridgehead atoms. The third-order valence-corrected chi connectivity index (χ3v) is 12.8. The monoisotopic (exact) mass is 474 g/mol. The molecule has 0 aromatic heterocycles. The Morgan fingerprint density at radius 2 is 1.59 bits per heavy atom. The van der Waals surface area contributed by atoms with Crippen molar-refractivity contribution < 1.29 is 19.7 Å². The van der Waals surface area contributed by atoms with E-state index in [9.17, 15) is 15.0 Å². The van der Waals surface area contributed by atoms with E-state index in [-0.39, 0.29) is 22.7 Å². The van der Waals surface area contributed by atoms with Crippen LogP contribution in [0.4, 0.5) is 0 Å². The first-order valence-corrected chi connectivity index (χ1v) is 14.4.